The van der Waals surface area contributed by atoms with Gasteiger partial charge < -0.3 is 10.1 Å². The minimum absolute atomic E-state index is 0.306. The number of thioether (sulfide) groups is 1. The number of ether oxygens (including phenoxy) is 1. The molecule has 0 amide bonds. The molecule has 1 unspecified atom stereocenters. The van der Waals surface area contributed by atoms with Gasteiger partial charge in [0.25, 0.3) is 0 Å². The summed E-state index contributed by atoms with van der Waals surface area (Å²) in [6.07, 6.45) is 3.50. The molecule has 3 rings (SSSR count). The molecule has 1 N–H and O–H groups in total. The maximum Gasteiger partial charge on any atom is 0.338 e. The minimum atomic E-state index is -0.438. The molecule has 6 nitrogen and oxygen atoms in total. The number of hydrogen-bond donors (Lipinski definition) is 1. The summed E-state index contributed by atoms with van der Waals surface area (Å²) >= 11 is 7.85. The highest BCUT2D eigenvalue weighted by molar-refractivity contribution is 7.99. The summed E-state index contributed by atoms with van der Waals surface area (Å²) < 4.78 is 7.07. The first-order valence-corrected chi connectivity index (χ1v) is 10.9. The smallest absolute Gasteiger partial charge is 0.338 e. The molecule has 2 heterocycles. The zero-order chi connectivity index (χ0) is 20.1. The third-order valence-electron chi connectivity index (χ3n) is 4.47. The fraction of sp³-hybridized carbons (Fsp3) is 0.450. The van der Waals surface area contributed by atoms with Crippen LogP contribution >= 0.6 is 23.4 Å². The van der Waals surface area contributed by atoms with Gasteiger partial charge in [0.05, 0.1) is 12.2 Å². The number of carbonyl (C=O) groups excluding carboxylic acids is 1. The van der Waals surface area contributed by atoms with Crippen molar-refractivity contribution in [3.63, 3.8) is 0 Å². The number of allylic oxidation sites excluding steroid dienone is 1. The lowest BCUT2D eigenvalue weighted by atomic mass is 9.96. The highest BCUT2D eigenvalue weighted by Gasteiger charge is 2.35. The summed E-state index contributed by atoms with van der Waals surface area (Å²) in [7, 11) is 0. The van der Waals surface area contributed by atoms with E-state index in [2.05, 4.69) is 22.3 Å². The van der Waals surface area contributed by atoms with Crippen LogP contribution in [0.1, 0.15) is 51.6 Å². The van der Waals surface area contributed by atoms with E-state index in [0.717, 1.165) is 17.7 Å². The molecule has 1 aliphatic heterocycles. The zero-order valence-electron chi connectivity index (χ0n) is 16.4. The number of nitrogens with zero attached hydrogens (tertiary/aromatic N) is 3. The van der Waals surface area contributed by atoms with Crippen LogP contribution in [0.3, 0.4) is 0 Å². The van der Waals surface area contributed by atoms with Gasteiger partial charge >= 0.3 is 5.97 Å². The third-order valence-corrected chi connectivity index (χ3v) is 5.63. The molecule has 1 atom stereocenters. The second kappa shape index (κ2) is 9.47. The van der Waals surface area contributed by atoms with E-state index in [1.807, 2.05) is 31.2 Å². The second-order valence-corrected chi connectivity index (χ2v) is 8.06. The van der Waals surface area contributed by atoms with Crippen LogP contribution in [0.25, 0.3) is 0 Å². The van der Waals surface area contributed by atoms with E-state index in [-0.39, 0.29) is 5.97 Å². The van der Waals surface area contributed by atoms with Crippen LogP contribution in [0.2, 0.25) is 5.02 Å². The number of anilines is 1. The number of nitrogens with one attached hydrogen (secondary N) is 1. The number of unbranched alkanes of at least 4 members (excludes halogenated alkanes) is 2. The van der Waals surface area contributed by atoms with Crippen LogP contribution in [0.15, 0.2) is 40.7 Å². The van der Waals surface area contributed by atoms with Crippen molar-refractivity contribution in [3.05, 3.63) is 46.1 Å². The number of rotatable bonds is 8. The van der Waals surface area contributed by atoms with Crippen molar-refractivity contribution in [2.24, 2.45) is 0 Å². The fourth-order valence-corrected chi connectivity index (χ4v) is 4.19. The van der Waals surface area contributed by atoms with Crippen molar-refractivity contribution in [2.75, 3.05) is 17.7 Å². The van der Waals surface area contributed by atoms with Crippen LogP contribution in [0.4, 0.5) is 5.95 Å². The van der Waals surface area contributed by atoms with E-state index in [0.29, 0.717) is 34.0 Å². The third kappa shape index (κ3) is 4.52. The van der Waals surface area contributed by atoms with Gasteiger partial charge in [-0.3, -0.25) is 0 Å². The molecule has 0 aliphatic carbocycles. The van der Waals surface area contributed by atoms with E-state index >= 15 is 0 Å². The Morgan fingerprint density at radius 2 is 2.18 bits per heavy atom. The molecule has 28 heavy (non-hydrogen) atoms. The Balaban J connectivity index is 1.98. The first-order chi connectivity index (χ1) is 13.5. The van der Waals surface area contributed by atoms with Gasteiger partial charge in [-0.2, -0.15) is 4.98 Å². The molecule has 1 aliphatic rings. The number of fused-ring (bicyclic) bond motifs is 1. The van der Waals surface area contributed by atoms with Crippen molar-refractivity contribution >= 4 is 35.3 Å². The maximum atomic E-state index is 12.7. The number of hydrogen-bond acceptors (Lipinski definition) is 6. The summed E-state index contributed by atoms with van der Waals surface area (Å²) in [4.78, 5) is 17.3. The molecule has 0 spiro atoms. The van der Waals surface area contributed by atoms with Gasteiger partial charge in [-0.25, -0.2) is 9.48 Å². The Kier molecular flexibility index (Phi) is 7.02. The number of esters is 1. The molecule has 0 bridgehead atoms. The minimum Gasteiger partial charge on any atom is -0.463 e. The summed E-state index contributed by atoms with van der Waals surface area (Å²) in [5.74, 6) is 1.22. The van der Waals surface area contributed by atoms with Crippen LogP contribution in [-0.4, -0.2) is 33.1 Å². The molecule has 1 aromatic carbocycles. The molecular weight excluding hydrogens is 396 g/mol. The number of aromatic nitrogens is 3. The number of carbonyl (C=O) groups is 1. The van der Waals surface area contributed by atoms with Gasteiger partial charge in [0, 0.05) is 16.5 Å². The standard InChI is InChI=1S/C20H25ClN4O2S/c1-4-6-7-11-28-20-23-19-22-13(3)16(18(26)27-5-2)17(25(19)24-20)14-9-8-10-15(21)12-14/h8-10,12,17H,4-7,11H2,1-3H3,(H,22,23,24). The van der Waals surface area contributed by atoms with Crippen molar-refractivity contribution in [1.29, 1.82) is 0 Å². The van der Waals surface area contributed by atoms with Crippen LogP contribution < -0.4 is 5.32 Å². The molecule has 0 radical (unpaired) electrons. The lowest BCUT2D eigenvalue weighted by Gasteiger charge is -2.28. The molecule has 2 aromatic rings. The molecule has 0 saturated heterocycles. The van der Waals surface area contributed by atoms with E-state index in [1.165, 1.54) is 12.8 Å². The topological polar surface area (TPSA) is 69.0 Å². The van der Waals surface area contributed by atoms with Crippen molar-refractivity contribution in [2.45, 2.75) is 51.2 Å². The zero-order valence-corrected chi connectivity index (χ0v) is 17.9. The number of benzene rings is 1. The average Bonchev–Trinajstić information content (AvgIpc) is 3.06. The molecule has 8 heteroatoms. The van der Waals surface area contributed by atoms with E-state index in [9.17, 15) is 4.79 Å². The molecular formula is C20H25ClN4O2S. The van der Waals surface area contributed by atoms with Crippen molar-refractivity contribution in [1.82, 2.24) is 14.8 Å². The highest BCUT2D eigenvalue weighted by atomic mass is 35.5. The quantitative estimate of drug-likeness (QED) is 0.365. The van der Waals surface area contributed by atoms with Gasteiger partial charge in [0.15, 0.2) is 0 Å². The summed E-state index contributed by atoms with van der Waals surface area (Å²) in [5, 5.41) is 9.19. The lowest BCUT2D eigenvalue weighted by molar-refractivity contribution is -0.139. The van der Waals surface area contributed by atoms with E-state index in [1.54, 1.807) is 23.4 Å². The fourth-order valence-electron chi connectivity index (χ4n) is 3.17. The average molecular weight is 421 g/mol. The van der Waals surface area contributed by atoms with Crippen molar-refractivity contribution in [3.8, 4) is 0 Å². The molecule has 0 fully saturated rings. The Morgan fingerprint density at radius 3 is 2.89 bits per heavy atom. The predicted octanol–water partition coefficient (Wildman–Crippen LogP) is 5.07. The van der Waals surface area contributed by atoms with Crippen LogP contribution in [0, 0.1) is 0 Å². The normalized spacial score (nSPS) is 15.9. The first kappa shape index (κ1) is 20.7. The van der Waals surface area contributed by atoms with Gasteiger partial charge in [-0.1, -0.05) is 55.3 Å². The SMILES string of the molecule is CCCCCSc1nc2n(n1)C(c1cccc(Cl)c1)C(C(=O)OCC)=C(C)N2. The van der Waals surface area contributed by atoms with Gasteiger partial charge in [-0.15, -0.1) is 5.10 Å². The van der Waals surface area contributed by atoms with Gasteiger partial charge in [0.1, 0.15) is 6.04 Å². The molecule has 1 aromatic heterocycles. The maximum absolute atomic E-state index is 12.7. The largest absolute Gasteiger partial charge is 0.463 e. The Labute approximate surface area is 174 Å². The summed E-state index contributed by atoms with van der Waals surface area (Å²) in [5.41, 5.74) is 2.10. The Hall–Kier alpha value is -1.99. The Bertz CT molecular complexity index is 881. The summed E-state index contributed by atoms with van der Waals surface area (Å²) in [6.45, 7) is 6.14. The lowest BCUT2D eigenvalue weighted by Crippen LogP contribution is -2.29. The predicted molar refractivity (Wildman–Crippen MR) is 113 cm³/mol. The van der Waals surface area contributed by atoms with E-state index < -0.39 is 6.04 Å². The van der Waals surface area contributed by atoms with Crippen LogP contribution in [-0.2, 0) is 9.53 Å². The van der Waals surface area contributed by atoms with Crippen LogP contribution in [0.5, 0.6) is 0 Å². The Morgan fingerprint density at radius 1 is 1.36 bits per heavy atom. The summed E-state index contributed by atoms with van der Waals surface area (Å²) in [6, 6.07) is 7.03. The monoisotopic (exact) mass is 420 g/mol. The van der Waals surface area contributed by atoms with Gasteiger partial charge in [-0.05, 0) is 38.0 Å². The second-order valence-electron chi connectivity index (χ2n) is 6.56. The number of halogens is 1. The first-order valence-electron chi connectivity index (χ1n) is 9.54. The molecule has 150 valence electrons. The van der Waals surface area contributed by atoms with Gasteiger partial charge in [0.2, 0.25) is 11.1 Å². The highest BCUT2D eigenvalue weighted by Crippen LogP contribution is 2.37. The molecule has 0 saturated carbocycles. The van der Waals surface area contributed by atoms with E-state index in [4.69, 9.17) is 16.3 Å². The van der Waals surface area contributed by atoms with Crippen molar-refractivity contribution < 1.29 is 9.53 Å².